The summed E-state index contributed by atoms with van der Waals surface area (Å²) >= 11 is 0. The zero-order valence-corrected chi connectivity index (χ0v) is 18.9. The van der Waals surface area contributed by atoms with Gasteiger partial charge in [-0.25, -0.2) is 15.0 Å². The number of carbonyl (C=O) groups is 1. The van der Waals surface area contributed by atoms with Gasteiger partial charge in [0.2, 0.25) is 5.91 Å². The van der Waals surface area contributed by atoms with Crippen LogP contribution < -0.4 is 4.90 Å². The molecule has 2 saturated heterocycles. The summed E-state index contributed by atoms with van der Waals surface area (Å²) in [5, 5.41) is 10.2. The van der Waals surface area contributed by atoms with Gasteiger partial charge in [0.25, 0.3) is 0 Å². The number of aromatic nitrogens is 3. The molecule has 0 atom stereocenters. The van der Waals surface area contributed by atoms with Gasteiger partial charge in [0.1, 0.15) is 23.8 Å². The molecule has 5 heterocycles. The largest absolute Gasteiger partial charge is 0.370 e. The molecular formula is C24H28N6O2. The molecule has 3 aliphatic rings. The third kappa shape index (κ3) is 3.41. The predicted octanol–water partition coefficient (Wildman–Crippen LogP) is 2.71. The number of hydrogen-bond acceptors (Lipinski definition) is 7. The molecule has 3 aliphatic heterocycles. The molecule has 5 rings (SSSR count). The molecule has 2 aromatic rings. The molecule has 1 spiro atoms. The topological polar surface area (TPSA) is 95.2 Å². The lowest BCUT2D eigenvalue weighted by atomic mass is 9.79. The van der Waals surface area contributed by atoms with Crippen LogP contribution in [0.15, 0.2) is 18.7 Å². The third-order valence-corrected chi connectivity index (χ3v) is 6.97. The summed E-state index contributed by atoms with van der Waals surface area (Å²) in [6.07, 6.45) is 7.22. The molecule has 0 saturated carbocycles. The standard InChI is InChI=1S/C24H28N6O2/c1-4-20(31)30-13-24(14-30)5-6-29(12-24)22-17(8-25)21(16-9-26-15-27-10-16)18-11-32-23(2,3)7-19(18)28-22/h9-10,15H,4-7,11-14H2,1-3H3. The van der Waals surface area contributed by atoms with Gasteiger partial charge < -0.3 is 14.5 Å². The number of amides is 1. The van der Waals surface area contributed by atoms with E-state index in [0.29, 0.717) is 25.0 Å². The summed E-state index contributed by atoms with van der Waals surface area (Å²) < 4.78 is 6.08. The van der Waals surface area contributed by atoms with E-state index in [1.165, 1.54) is 6.33 Å². The fourth-order valence-electron chi connectivity index (χ4n) is 5.30. The highest BCUT2D eigenvalue weighted by molar-refractivity contribution is 5.80. The maximum Gasteiger partial charge on any atom is 0.222 e. The first-order valence-corrected chi connectivity index (χ1v) is 11.2. The zero-order chi connectivity index (χ0) is 22.5. The van der Waals surface area contributed by atoms with Gasteiger partial charge in [0, 0.05) is 73.5 Å². The van der Waals surface area contributed by atoms with Crippen molar-refractivity contribution in [2.45, 2.75) is 52.2 Å². The summed E-state index contributed by atoms with van der Waals surface area (Å²) in [5.41, 5.74) is 3.93. The Morgan fingerprint density at radius 3 is 2.69 bits per heavy atom. The number of ether oxygens (including phenoxy) is 1. The Balaban J connectivity index is 1.55. The minimum atomic E-state index is -0.308. The van der Waals surface area contributed by atoms with E-state index in [-0.39, 0.29) is 16.9 Å². The van der Waals surface area contributed by atoms with Gasteiger partial charge in [-0.3, -0.25) is 4.79 Å². The average molecular weight is 433 g/mol. The summed E-state index contributed by atoms with van der Waals surface area (Å²) in [7, 11) is 0. The minimum absolute atomic E-state index is 0.105. The van der Waals surface area contributed by atoms with E-state index in [2.05, 4.69) is 34.8 Å². The highest BCUT2D eigenvalue weighted by atomic mass is 16.5. The Hall–Kier alpha value is -3.05. The number of likely N-dealkylation sites (tertiary alicyclic amines) is 1. The van der Waals surface area contributed by atoms with Gasteiger partial charge >= 0.3 is 0 Å². The molecule has 0 bridgehead atoms. The SMILES string of the molecule is CCC(=O)N1CC2(CCN(c3nc4c(c(-c5cncnc5)c3C#N)COC(C)(C)C4)C2)C1. The second-order valence-electron chi connectivity index (χ2n) is 9.85. The minimum Gasteiger partial charge on any atom is -0.370 e. The number of carbonyl (C=O) groups excluding carboxylic acids is 1. The quantitative estimate of drug-likeness (QED) is 0.736. The molecule has 0 radical (unpaired) electrons. The van der Waals surface area contributed by atoms with E-state index in [1.807, 2.05) is 11.8 Å². The molecule has 0 aliphatic carbocycles. The number of nitrogens with zero attached hydrogens (tertiary/aromatic N) is 6. The fraction of sp³-hybridized carbons (Fsp3) is 0.542. The highest BCUT2D eigenvalue weighted by Gasteiger charge is 2.49. The molecule has 8 heteroatoms. The van der Waals surface area contributed by atoms with E-state index >= 15 is 0 Å². The molecule has 8 nitrogen and oxygen atoms in total. The van der Waals surface area contributed by atoms with Crippen LogP contribution in [0.4, 0.5) is 5.82 Å². The van der Waals surface area contributed by atoms with Crippen LogP contribution in [0.2, 0.25) is 0 Å². The van der Waals surface area contributed by atoms with E-state index in [9.17, 15) is 10.1 Å². The highest BCUT2D eigenvalue weighted by Crippen LogP contribution is 2.44. The lowest BCUT2D eigenvalue weighted by molar-refractivity contribution is -0.141. The van der Waals surface area contributed by atoms with Crippen LogP contribution in [0, 0.1) is 16.7 Å². The number of rotatable bonds is 3. The first-order valence-electron chi connectivity index (χ1n) is 11.2. The van der Waals surface area contributed by atoms with E-state index in [4.69, 9.17) is 9.72 Å². The van der Waals surface area contributed by atoms with Gasteiger partial charge in [-0.1, -0.05) is 6.92 Å². The van der Waals surface area contributed by atoms with Crippen LogP contribution in [0.25, 0.3) is 11.1 Å². The molecule has 0 aromatic carbocycles. The van der Waals surface area contributed by atoms with Crippen LogP contribution in [-0.2, 0) is 22.6 Å². The van der Waals surface area contributed by atoms with Crippen molar-refractivity contribution >= 4 is 11.7 Å². The summed E-state index contributed by atoms with van der Waals surface area (Å²) in [4.78, 5) is 29.6. The Kier molecular flexibility index (Phi) is 4.90. The zero-order valence-electron chi connectivity index (χ0n) is 18.9. The van der Waals surface area contributed by atoms with Gasteiger partial charge in [0.05, 0.1) is 17.9 Å². The van der Waals surface area contributed by atoms with Gasteiger partial charge in [-0.2, -0.15) is 5.26 Å². The first-order chi connectivity index (χ1) is 15.3. The van der Waals surface area contributed by atoms with Gasteiger partial charge in [-0.05, 0) is 20.3 Å². The summed E-state index contributed by atoms with van der Waals surface area (Å²) in [6, 6.07) is 2.43. The first kappa shape index (κ1) is 20.8. The van der Waals surface area contributed by atoms with Crippen LogP contribution in [0.3, 0.4) is 0 Å². The van der Waals surface area contributed by atoms with Crippen LogP contribution in [0.5, 0.6) is 0 Å². The number of nitriles is 1. The fourth-order valence-corrected chi connectivity index (χ4v) is 5.30. The molecule has 1 amide bonds. The van der Waals surface area contributed by atoms with Crippen molar-refractivity contribution in [1.82, 2.24) is 19.9 Å². The second kappa shape index (κ2) is 7.52. The molecular weight excluding hydrogens is 404 g/mol. The van der Waals surface area contributed by atoms with Gasteiger partial charge in [-0.15, -0.1) is 0 Å². The number of fused-ring (bicyclic) bond motifs is 1. The smallest absolute Gasteiger partial charge is 0.222 e. The Bertz CT molecular complexity index is 1100. The summed E-state index contributed by atoms with van der Waals surface area (Å²) in [6.45, 7) is 9.69. The molecule has 32 heavy (non-hydrogen) atoms. The van der Waals surface area contributed by atoms with E-state index in [0.717, 1.165) is 60.8 Å². The van der Waals surface area contributed by atoms with Crippen LogP contribution in [0.1, 0.15) is 50.4 Å². The average Bonchev–Trinajstić information content (AvgIpc) is 3.22. The van der Waals surface area contributed by atoms with Crippen molar-refractivity contribution in [1.29, 1.82) is 5.26 Å². The van der Waals surface area contributed by atoms with Crippen LogP contribution >= 0.6 is 0 Å². The number of anilines is 1. The van der Waals surface area contributed by atoms with Crippen molar-refractivity contribution in [3.63, 3.8) is 0 Å². The van der Waals surface area contributed by atoms with Crippen LogP contribution in [-0.4, -0.2) is 57.5 Å². The molecule has 2 fully saturated rings. The third-order valence-electron chi connectivity index (χ3n) is 6.97. The lowest BCUT2D eigenvalue weighted by Gasteiger charge is -2.48. The number of pyridine rings is 1. The Labute approximate surface area is 188 Å². The predicted molar refractivity (Wildman–Crippen MR) is 119 cm³/mol. The molecule has 0 N–H and O–H groups in total. The monoisotopic (exact) mass is 432 g/mol. The lowest BCUT2D eigenvalue weighted by Crippen LogP contribution is -2.59. The van der Waals surface area contributed by atoms with E-state index < -0.39 is 0 Å². The van der Waals surface area contributed by atoms with Crippen molar-refractivity contribution in [2.24, 2.45) is 5.41 Å². The maximum atomic E-state index is 12.0. The van der Waals surface area contributed by atoms with Crippen molar-refractivity contribution in [2.75, 3.05) is 31.1 Å². The molecule has 166 valence electrons. The molecule has 2 aromatic heterocycles. The van der Waals surface area contributed by atoms with Crippen molar-refractivity contribution in [3.05, 3.63) is 35.5 Å². The molecule has 0 unspecified atom stereocenters. The second-order valence-corrected chi connectivity index (χ2v) is 9.85. The maximum absolute atomic E-state index is 12.0. The normalized spacial score (nSPS) is 20.6. The van der Waals surface area contributed by atoms with Crippen molar-refractivity contribution < 1.29 is 9.53 Å². The van der Waals surface area contributed by atoms with Gasteiger partial charge in [0.15, 0.2) is 0 Å². The van der Waals surface area contributed by atoms with E-state index in [1.54, 1.807) is 12.4 Å². The summed E-state index contributed by atoms with van der Waals surface area (Å²) in [5.74, 6) is 0.951. The number of hydrogen-bond donors (Lipinski definition) is 0. The Morgan fingerprint density at radius 2 is 2.00 bits per heavy atom. The Morgan fingerprint density at radius 1 is 1.25 bits per heavy atom. The van der Waals surface area contributed by atoms with Crippen molar-refractivity contribution in [3.8, 4) is 17.2 Å².